The van der Waals surface area contributed by atoms with Crippen molar-refractivity contribution < 1.29 is 9.53 Å². The zero-order valence-electron chi connectivity index (χ0n) is 11.7. The SMILES string of the molecule is COC1CCCN(C(=O)Cc2ccc(C(N)=S)cc2)C1. The van der Waals surface area contributed by atoms with Gasteiger partial charge in [0.2, 0.25) is 5.91 Å². The summed E-state index contributed by atoms with van der Waals surface area (Å²) in [5.41, 5.74) is 7.36. The van der Waals surface area contributed by atoms with Crippen molar-refractivity contribution in [3.8, 4) is 0 Å². The lowest BCUT2D eigenvalue weighted by molar-refractivity contribution is -0.134. The van der Waals surface area contributed by atoms with E-state index in [0.29, 0.717) is 18.0 Å². The minimum atomic E-state index is 0.148. The van der Waals surface area contributed by atoms with E-state index in [9.17, 15) is 4.79 Å². The average Bonchev–Trinajstić information content (AvgIpc) is 2.47. The quantitative estimate of drug-likeness (QED) is 0.855. The third kappa shape index (κ3) is 3.77. The molecule has 1 amide bonds. The van der Waals surface area contributed by atoms with Gasteiger partial charge in [0.05, 0.1) is 12.5 Å². The van der Waals surface area contributed by atoms with Gasteiger partial charge in [-0.1, -0.05) is 36.5 Å². The monoisotopic (exact) mass is 292 g/mol. The summed E-state index contributed by atoms with van der Waals surface area (Å²) in [6.45, 7) is 1.52. The predicted molar refractivity (Wildman–Crippen MR) is 82.6 cm³/mol. The van der Waals surface area contributed by atoms with E-state index < -0.39 is 0 Å². The lowest BCUT2D eigenvalue weighted by Crippen LogP contribution is -2.43. The lowest BCUT2D eigenvalue weighted by atomic mass is 10.1. The molecule has 0 saturated carbocycles. The standard InChI is InChI=1S/C15H20N2O2S/c1-19-13-3-2-8-17(10-13)14(18)9-11-4-6-12(7-5-11)15(16)20/h4-7,13H,2-3,8-10H2,1H3,(H2,16,20). The lowest BCUT2D eigenvalue weighted by Gasteiger charge is -2.32. The van der Waals surface area contributed by atoms with Crippen LogP contribution in [0.3, 0.4) is 0 Å². The molecule has 1 saturated heterocycles. The Hall–Kier alpha value is -1.46. The van der Waals surface area contributed by atoms with Crippen molar-refractivity contribution in [3.05, 3.63) is 35.4 Å². The first kappa shape index (κ1) is 14.9. The smallest absolute Gasteiger partial charge is 0.227 e. The van der Waals surface area contributed by atoms with E-state index in [-0.39, 0.29) is 12.0 Å². The highest BCUT2D eigenvalue weighted by Gasteiger charge is 2.23. The van der Waals surface area contributed by atoms with Crippen LogP contribution in [0.2, 0.25) is 0 Å². The number of benzene rings is 1. The van der Waals surface area contributed by atoms with Gasteiger partial charge in [-0.3, -0.25) is 4.79 Å². The highest BCUT2D eigenvalue weighted by Crippen LogP contribution is 2.14. The van der Waals surface area contributed by atoms with Crippen molar-refractivity contribution in [2.45, 2.75) is 25.4 Å². The Bertz CT molecular complexity index is 487. The molecule has 4 nitrogen and oxygen atoms in total. The van der Waals surface area contributed by atoms with Crippen LogP contribution in [0, 0.1) is 0 Å². The van der Waals surface area contributed by atoms with E-state index in [4.69, 9.17) is 22.7 Å². The van der Waals surface area contributed by atoms with Crippen LogP contribution >= 0.6 is 12.2 Å². The van der Waals surface area contributed by atoms with Crippen molar-refractivity contribution in [1.82, 2.24) is 4.90 Å². The third-order valence-corrected chi connectivity index (χ3v) is 3.89. The average molecular weight is 292 g/mol. The number of ether oxygens (including phenoxy) is 1. The maximum Gasteiger partial charge on any atom is 0.227 e. The molecule has 108 valence electrons. The summed E-state index contributed by atoms with van der Waals surface area (Å²) in [7, 11) is 1.70. The molecule has 0 radical (unpaired) electrons. The highest BCUT2D eigenvalue weighted by atomic mass is 32.1. The molecule has 2 N–H and O–H groups in total. The van der Waals surface area contributed by atoms with Gasteiger partial charge >= 0.3 is 0 Å². The molecule has 1 fully saturated rings. The number of nitrogens with two attached hydrogens (primary N) is 1. The molecule has 1 aliphatic rings. The number of carbonyl (C=O) groups is 1. The molecule has 1 atom stereocenters. The van der Waals surface area contributed by atoms with Gasteiger partial charge in [0.15, 0.2) is 0 Å². The Morgan fingerprint density at radius 2 is 2.15 bits per heavy atom. The van der Waals surface area contributed by atoms with Crippen LogP contribution in [-0.4, -0.2) is 42.1 Å². The zero-order valence-corrected chi connectivity index (χ0v) is 12.5. The maximum absolute atomic E-state index is 12.3. The zero-order chi connectivity index (χ0) is 14.5. The number of hydrogen-bond acceptors (Lipinski definition) is 3. The molecule has 0 spiro atoms. The van der Waals surface area contributed by atoms with Gasteiger partial charge in [0.25, 0.3) is 0 Å². The molecule has 0 aliphatic carbocycles. The van der Waals surface area contributed by atoms with Crippen molar-refractivity contribution in [2.75, 3.05) is 20.2 Å². The highest BCUT2D eigenvalue weighted by molar-refractivity contribution is 7.80. The molecule has 1 aliphatic heterocycles. The summed E-state index contributed by atoms with van der Waals surface area (Å²) in [6.07, 6.45) is 2.62. The van der Waals surface area contributed by atoms with Gasteiger partial charge in [0, 0.05) is 25.8 Å². The number of carbonyl (C=O) groups excluding carboxylic acids is 1. The summed E-state index contributed by atoms with van der Waals surface area (Å²) in [4.78, 5) is 14.5. The van der Waals surface area contributed by atoms with Crippen LogP contribution in [0.4, 0.5) is 0 Å². The predicted octanol–water partition coefficient (Wildman–Crippen LogP) is 1.50. The number of thiocarbonyl (C=S) groups is 1. The molecule has 1 heterocycles. The second-order valence-electron chi connectivity index (χ2n) is 5.08. The molecular formula is C15H20N2O2S. The molecule has 0 bridgehead atoms. The first-order valence-corrected chi connectivity index (χ1v) is 7.20. The van der Waals surface area contributed by atoms with E-state index in [0.717, 1.165) is 30.5 Å². The number of amides is 1. The van der Waals surface area contributed by atoms with Gasteiger partial charge in [0.1, 0.15) is 4.99 Å². The summed E-state index contributed by atoms with van der Waals surface area (Å²) in [5.74, 6) is 0.148. The van der Waals surface area contributed by atoms with Crippen molar-refractivity contribution in [1.29, 1.82) is 0 Å². The van der Waals surface area contributed by atoms with Gasteiger partial charge in [-0.2, -0.15) is 0 Å². The number of nitrogens with zero attached hydrogens (tertiary/aromatic N) is 1. The Morgan fingerprint density at radius 3 is 2.75 bits per heavy atom. The molecule has 1 aromatic carbocycles. The number of methoxy groups -OCH3 is 1. The van der Waals surface area contributed by atoms with Crippen molar-refractivity contribution >= 4 is 23.1 Å². The number of hydrogen-bond donors (Lipinski definition) is 1. The Balaban J connectivity index is 1.95. The van der Waals surface area contributed by atoms with Crippen molar-refractivity contribution in [3.63, 3.8) is 0 Å². The third-order valence-electron chi connectivity index (χ3n) is 3.66. The Labute approximate surface area is 124 Å². The number of rotatable bonds is 4. The second kappa shape index (κ2) is 6.81. The first-order chi connectivity index (χ1) is 9.60. The van der Waals surface area contributed by atoms with Crippen LogP contribution in [0.25, 0.3) is 0 Å². The fraction of sp³-hybridized carbons (Fsp3) is 0.467. The van der Waals surface area contributed by atoms with E-state index in [1.54, 1.807) is 7.11 Å². The van der Waals surface area contributed by atoms with E-state index in [1.807, 2.05) is 29.2 Å². The molecule has 0 aromatic heterocycles. The molecule has 1 aromatic rings. The number of piperidine rings is 1. The topological polar surface area (TPSA) is 55.6 Å². The minimum Gasteiger partial charge on any atom is -0.389 e. The largest absolute Gasteiger partial charge is 0.389 e. The fourth-order valence-electron chi connectivity index (χ4n) is 2.43. The Kier molecular flexibility index (Phi) is 5.09. The van der Waals surface area contributed by atoms with E-state index >= 15 is 0 Å². The molecule has 5 heteroatoms. The summed E-state index contributed by atoms with van der Waals surface area (Å²) in [5, 5.41) is 0. The van der Waals surface area contributed by atoms with Gasteiger partial charge in [-0.05, 0) is 18.4 Å². The van der Waals surface area contributed by atoms with E-state index in [2.05, 4.69) is 0 Å². The van der Waals surface area contributed by atoms with Crippen LogP contribution in [0.1, 0.15) is 24.0 Å². The summed E-state index contributed by atoms with van der Waals surface area (Å²) < 4.78 is 5.34. The van der Waals surface area contributed by atoms with Crippen LogP contribution < -0.4 is 5.73 Å². The van der Waals surface area contributed by atoms with Gasteiger partial charge in [-0.25, -0.2) is 0 Å². The molecule has 20 heavy (non-hydrogen) atoms. The summed E-state index contributed by atoms with van der Waals surface area (Å²) >= 11 is 4.91. The van der Waals surface area contributed by atoms with Crippen LogP contribution in [0.15, 0.2) is 24.3 Å². The number of likely N-dealkylation sites (tertiary alicyclic amines) is 1. The van der Waals surface area contributed by atoms with Crippen molar-refractivity contribution in [2.24, 2.45) is 5.73 Å². The van der Waals surface area contributed by atoms with Gasteiger partial charge in [-0.15, -0.1) is 0 Å². The Morgan fingerprint density at radius 1 is 1.45 bits per heavy atom. The second-order valence-corrected chi connectivity index (χ2v) is 5.52. The van der Waals surface area contributed by atoms with Crippen LogP contribution in [-0.2, 0) is 16.0 Å². The first-order valence-electron chi connectivity index (χ1n) is 6.79. The molecule has 2 rings (SSSR count). The van der Waals surface area contributed by atoms with Gasteiger partial charge < -0.3 is 15.4 Å². The van der Waals surface area contributed by atoms with E-state index in [1.165, 1.54) is 0 Å². The maximum atomic E-state index is 12.3. The fourth-order valence-corrected chi connectivity index (χ4v) is 2.57. The molecular weight excluding hydrogens is 272 g/mol. The molecule has 1 unspecified atom stereocenters. The minimum absolute atomic E-state index is 0.148. The normalized spacial score (nSPS) is 18.9. The summed E-state index contributed by atoms with van der Waals surface area (Å²) in [6, 6.07) is 7.53. The van der Waals surface area contributed by atoms with Crippen LogP contribution in [0.5, 0.6) is 0 Å².